The molecule has 4 heteroatoms. The number of nitrogens with two attached hydrogens (primary N) is 1. The van der Waals surface area contributed by atoms with Crippen LogP contribution in [-0.4, -0.2) is 16.6 Å². The van der Waals surface area contributed by atoms with Crippen molar-refractivity contribution in [1.29, 1.82) is 0 Å². The van der Waals surface area contributed by atoms with Crippen molar-refractivity contribution in [3.8, 4) is 0 Å². The van der Waals surface area contributed by atoms with Crippen molar-refractivity contribution < 1.29 is 4.74 Å². The first kappa shape index (κ1) is 7.49. The number of nitrogens with zero attached hydrogens (tertiary/aromatic N) is 2. The molecule has 0 aromatic carbocycles. The molecular weight excluding hydrogens is 154 g/mol. The maximum Gasteiger partial charge on any atom is 0.132 e. The third-order valence-electron chi connectivity index (χ3n) is 1.97. The fourth-order valence-electron chi connectivity index (χ4n) is 1.38. The zero-order chi connectivity index (χ0) is 8.55. The molecule has 2 heterocycles. The molecule has 0 spiro atoms. The molecule has 0 unspecified atom stereocenters. The molecule has 0 radical (unpaired) electrons. The molecule has 0 aliphatic carbocycles. The Morgan fingerprint density at radius 3 is 3.08 bits per heavy atom. The van der Waals surface area contributed by atoms with Crippen LogP contribution in [0.2, 0.25) is 0 Å². The smallest absolute Gasteiger partial charge is 0.132 e. The van der Waals surface area contributed by atoms with Crippen LogP contribution in [0.1, 0.15) is 17.1 Å². The van der Waals surface area contributed by atoms with Gasteiger partial charge in [0.15, 0.2) is 0 Å². The first-order chi connectivity index (χ1) is 5.77. The average Bonchev–Trinajstić information content (AvgIpc) is 2.04. The Bertz CT molecular complexity index is 311. The van der Waals surface area contributed by atoms with Crippen LogP contribution >= 0.6 is 0 Å². The van der Waals surface area contributed by atoms with Crippen molar-refractivity contribution in [3.63, 3.8) is 0 Å². The number of ether oxygens (including phenoxy) is 1. The molecule has 1 aromatic rings. The van der Waals surface area contributed by atoms with Gasteiger partial charge in [-0.05, 0) is 6.92 Å². The predicted octanol–water partition coefficient (Wildman–Crippen LogP) is 0.440. The van der Waals surface area contributed by atoms with Crippen LogP contribution in [-0.2, 0) is 17.8 Å². The number of rotatable bonds is 0. The summed E-state index contributed by atoms with van der Waals surface area (Å²) in [4.78, 5) is 8.38. The van der Waals surface area contributed by atoms with E-state index in [1.54, 1.807) is 0 Å². The van der Waals surface area contributed by atoms with Crippen LogP contribution in [0.15, 0.2) is 0 Å². The maximum atomic E-state index is 5.71. The Labute approximate surface area is 70.8 Å². The molecule has 12 heavy (non-hydrogen) atoms. The van der Waals surface area contributed by atoms with E-state index in [-0.39, 0.29) is 0 Å². The molecule has 0 atom stereocenters. The summed E-state index contributed by atoms with van der Waals surface area (Å²) in [5.74, 6) is 1.31. The second-order valence-corrected chi connectivity index (χ2v) is 2.88. The van der Waals surface area contributed by atoms with Crippen molar-refractivity contribution in [2.45, 2.75) is 20.0 Å². The lowest BCUT2D eigenvalue weighted by atomic mass is 10.1. The minimum absolute atomic E-state index is 0.557. The van der Waals surface area contributed by atoms with Gasteiger partial charge >= 0.3 is 0 Å². The normalized spacial score (nSPS) is 15.8. The number of fused-ring (bicyclic) bond motifs is 1. The molecule has 2 rings (SSSR count). The summed E-state index contributed by atoms with van der Waals surface area (Å²) in [5, 5.41) is 0. The maximum absolute atomic E-state index is 5.71. The summed E-state index contributed by atoms with van der Waals surface area (Å²) in [6.07, 6.45) is 0.850. The van der Waals surface area contributed by atoms with Gasteiger partial charge in [-0.2, -0.15) is 0 Å². The Kier molecular flexibility index (Phi) is 1.69. The molecule has 1 aliphatic heterocycles. The second-order valence-electron chi connectivity index (χ2n) is 2.88. The van der Waals surface area contributed by atoms with Gasteiger partial charge in [0.1, 0.15) is 11.6 Å². The summed E-state index contributed by atoms with van der Waals surface area (Å²) in [5.41, 5.74) is 7.72. The summed E-state index contributed by atoms with van der Waals surface area (Å²) >= 11 is 0. The molecule has 4 nitrogen and oxygen atoms in total. The van der Waals surface area contributed by atoms with Crippen molar-refractivity contribution in [1.82, 2.24) is 9.97 Å². The predicted molar refractivity (Wildman–Crippen MR) is 44.5 cm³/mol. The van der Waals surface area contributed by atoms with E-state index in [9.17, 15) is 0 Å². The van der Waals surface area contributed by atoms with Gasteiger partial charge in [-0.3, -0.25) is 0 Å². The first-order valence-corrected chi connectivity index (χ1v) is 3.97. The van der Waals surface area contributed by atoms with Crippen LogP contribution in [0, 0.1) is 6.92 Å². The minimum atomic E-state index is 0.557. The highest BCUT2D eigenvalue weighted by molar-refractivity contribution is 5.42. The largest absolute Gasteiger partial charge is 0.383 e. The van der Waals surface area contributed by atoms with Gasteiger partial charge in [-0.25, -0.2) is 9.97 Å². The molecule has 0 saturated heterocycles. The van der Waals surface area contributed by atoms with Crippen LogP contribution in [0.3, 0.4) is 0 Å². The molecule has 64 valence electrons. The average molecular weight is 165 g/mol. The fraction of sp³-hybridized carbons (Fsp3) is 0.500. The molecule has 0 bridgehead atoms. The van der Waals surface area contributed by atoms with E-state index in [0.717, 1.165) is 30.1 Å². The number of nitrogen functional groups attached to an aromatic ring is 1. The van der Waals surface area contributed by atoms with Crippen molar-refractivity contribution in [3.05, 3.63) is 17.1 Å². The molecule has 2 N–H and O–H groups in total. The number of aryl methyl sites for hydroxylation is 1. The molecule has 1 aliphatic rings. The summed E-state index contributed by atoms with van der Waals surface area (Å²) in [7, 11) is 0. The standard InChI is InChI=1S/C8H11N3O/c1-5-10-7-2-3-12-4-6(7)8(9)11-5/h2-4H2,1H3,(H2,9,10,11). The van der Waals surface area contributed by atoms with E-state index in [0.29, 0.717) is 12.4 Å². The Morgan fingerprint density at radius 1 is 1.42 bits per heavy atom. The van der Waals surface area contributed by atoms with Crippen molar-refractivity contribution in [2.24, 2.45) is 0 Å². The van der Waals surface area contributed by atoms with Gasteiger partial charge < -0.3 is 10.5 Å². The Balaban J connectivity index is 2.53. The number of hydrogen-bond acceptors (Lipinski definition) is 4. The van der Waals surface area contributed by atoms with Crippen LogP contribution in [0.25, 0.3) is 0 Å². The van der Waals surface area contributed by atoms with Gasteiger partial charge in [-0.15, -0.1) is 0 Å². The molecule has 0 fully saturated rings. The van der Waals surface area contributed by atoms with Crippen LogP contribution in [0.4, 0.5) is 5.82 Å². The van der Waals surface area contributed by atoms with Gasteiger partial charge in [0.25, 0.3) is 0 Å². The highest BCUT2D eigenvalue weighted by Crippen LogP contribution is 2.19. The van der Waals surface area contributed by atoms with Crippen molar-refractivity contribution >= 4 is 5.82 Å². The van der Waals surface area contributed by atoms with Crippen LogP contribution < -0.4 is 5.73 Å². The van der Waals surface area contributed by atoms with E-state index < -0.39 is 0 Å². The molecule has 1 aromatic heterocycles. The fourth-order valence-corrected chi connectivity index (χ4v) is 1.38. The SMILES string of the molecule is Cc1nc(N)c2c(n1)CCOC2. The lowest BCUT2D eigenvalue weighted by molar-refractivity contribution is 0.109. The van der Waals surface area contributed by atoms with E-state index >= 15 is 0 Å². The summed E-state index contributed by atoms with van der Waals surface area (Å²) in [6.45, 7) is 3.15. The van der Waals surface area contributed by atoms with E-state index in [1.807, 2.05) is 6.92 Å². The third kappa shape index (κ3) is 1.14. The van der Waals surface area contributed by atoms with Crippen molar-refractivity contribution in [2.75, 3.05) is 12.3 Å². The number of aromatic nitrogens is 2. The van der Waals surface area contributed by atoms with Gasteiger partial charge in [0.2, 0.25) is 0 Å². The van der Waals surface area contributed by atoms with Gasteiger partial charge in [0, 0.05) is 12.0 Å². The quantitative estimate of drug-likeness (QED) is 0.606. The lowest BCUT2D eigenvalue weighted by Crippen LogP contribution is -2.16. The van der Waals surface area contributed by atoms with Crippen LogP contribution in [0.5, 0.6) is 0 Å². The van der Waals surface area contributed by atoms with E-state index in [2.05, 4.69) is 9.97 Å². The molecular formula is C8H11N3O. The van der Waals surface area contributed by atoms with E-state index in [1.165, 1.54) is 0 Å². The third-order valence-corrected chi connectivity index (χ3v) is 1.97. The highest BCUT2D eigenvalue weighted by atomic mass is 16.5. The molecule has 0 saturated carbocycles. The first-order valence-electron chi connectivity index (χ1n) is 3.97. The minimum Gasteiger partial charge on any atom is -0.383 e. The monoisotopic (exact) mass is 165 g/mol. The Hall–Kier alpha value is -1.16. The second kappa shape index (κ2) is 2.71. The summed E-state index contributed by atoms with van der Waals surface area (Å²) < 4.78 is 5.26. The Morgan fingerprint density at radius 2 is 2.25 bits per heavy atom. The lowest BCUT2D eigenvalue weighted by Gasteiger charge is -2.16. The van der Waals surface area contributed by atoms with E-state index in [4.69, 9.17) is 10.5 Å². The topological polar surface area (TPSA) is 61.0 Å². The zero-order valence-electron chi connectivity index (χ0n) is 7.00. The highest BCUT2D eigenvalue weighted by Gasteiger charge is 2.14. The van der Waals surface area contributed by atoms with Gasteiger partial charge in [-0.1, -0.05) is 0 Å². The number of anilines is 1. The zero-order valence-corrected chi connectivity index (χ0v) is 7.00. The number of hydrogen-bond donors (Lipinski definition) is 1. The van der Waals surface area contributed by atoms with Gasteiger partial charge in [0.05, 0.1) is 18.9 Å². The summed E-state index contributed by atoms with van der Waals surface area (Å²) in [6, 6.07) is 0. The molecule has 0 amide bonds.